The summed E-state index contributed by atoms with van der Waals surface area (Å²) >= 11 is 0. The van der Waals surface area contributed by atoms with E-state index in [1.54, 1.807) is 0 Å². The van der Waals surface area contributed by atoms with E-state index in [1.807, 2.05) is 54.6 Å². The van der Waals surface area contributed by atoms with Gasteiger partial charge in [0.25, 0.3) is 0 Å². The van der Waals surface area contributed by atoms with Gasteiger partial charge in [-0.2, -0.15) is 0 Å². The Morgan fingerprint density at radius 3 is 2.30 bits per heavy atom. The molecule has 0 radical (unpaired) electrons. The molecule has 0 spiro atoms. The maximum Gasteiger partial charge on any atom is 0.170 e. The van der Waals surface area contributed by atoms with Crippen LogP contribution >= 0.6 is 0 Å². The molecular weight excluding hydrogens is 252 g/mol. The zero-order valence-corrected chi connectivity index (χ0v) is 10.8. The normalized spacial score (nSPS) is 10.7. The third kappa shape index (κ3) is 2.17. The van der Waals surface area contributed by atoms with Crippen LogP contribution in [-0.2, 0) is 6.61 Å². The van der Waals surface area contributed by atoms with Crippen molar-refractivity contribution in [2.45, 2.75) is 6.61 Å². The summed E-state index contributed by atoms with van der Waals surface area (Å²) in [7, 11) is 0. The minimum Gasteiger partial charge on any atom is -0.399 e. The highest BCUT2D eigenvalue weighted by molar-refractivity contribution is 5.82. The number of nitrogens with zero attached hydrogens (tertiary/aromatic N) is 1. The lowest BCUT2D eigenvalue weighted by atomic mass is 9.99. The van der Waals surface area contributed by atoms with E-state index >= 15 is 0 Å². The van der Waals surface area contributed by atoms with Crippen molar-refractivity contribution in [2.75, 3.05) is 5.73 Å². The minimum atomic E-state index is -0.195. The van der Waals surface area contributed by atoms with Gasteiger partial charge >= 0.3 is 0 Å². The van der Waals surface area contributed by atoms with Gasteiger partial charge in [0.2, 0.25) is 0 Å². The molecule has 100 valence electrons. The van der Waals surface area contributed by atoms with Crippen LogP contribution in [0.4, 0.5) is 5.69 Å². The predicted molar refractivity (Wildman–Crippen MR) is 77.7 cm³/mol. The summed E-state index contributed by atoms with van der Waals surface area (Å²) in [5.74, 6) is 0.452. The van der Waals surface area contributed by atoms with Gasteiger partial charge in [0, 0.05) is 11.3 Å². The summed E-state index contributed by atoms with van der Waals surface area (Å²) in [6, 6.07) is 17.2. The van der Waals surface area contributed by atoms with E-state index in [2.05, 4.69) is 5.16 Å². The maximum absolute atomic E-state index is 9.44. The van der Waals surface area contributed by atoms with Gasteiger partial charge in [-0.15, -0.1) is 0 Å². The molecular formula is C16H14N2O2. The molecule has 1 aromatic heterocycles. The molecule has 2 aromatic carbocycles. The fourth-order valence-electron chi connectivity index (χ4n) is 2.17. The van der Waals surface area contributed by atoms with E-state index in [0.717, 1.165) is 22.4 Å². The highest BCUT2D eigenvalue weighted by Gasteiger charge is 2.18. The first-order chi connectivity index (χ1) is 9.79. The summed E-state index contributed by atoms with van der Waals surface area (Å²) in [5.41, 5.74) is 9.80. The van der Waals surface area contributed by atoms with E-state index in [-0.39, 0.29) is 6.61 Å². The number of nitrogens with two attached hydrogens (primary N) is 1. The lowest BCUT2D eigenvalue weighted by molar-refractivity contribution is 0.230. The van der Waals surface area contributed by atoms with Crippen LogP contribution in [0.1, 0.15) is 5.76 Å². The van der Waals surface area contributed by atoms with Crippen LogP contribution in [0, 0.1) is 0 Å². The van der Waals surface area contributed by atoms with Crippen LogP contribution in [0.15, 0.2) is 59.1 Å². The molecule has 0 unspecified atom stereocenters. The first-order valence-electron chi connectivity index (χ1n) is 6.30. The summed E-state index contributed by atoms with van der Waals surface area (Å²) < 4.78 is 5.25. The predicted octanol–water partition coefficient (Wildman–Crippen LogP) is 3.08. The number of benzene rings is 2. The van der Waals surface area contributed by atoms with E-state index < -0.39 is 0 Å². The third-order valence-electron chi connectivity index (χ3n) is 3.15. The highest BCUT2D eigenvalue weighted by atomic mass is 16.5. The molecule has 20 heavy (non-hydrogen) atoms. The zero-order valence-electron chi connectivity index (χ0n) is 10.8. The third-order valence-corrected chi connectivity index (χ3v) is 3.15. The van der Waals surface area contributed by atoms with E-state index in [4.69, 9.17) is 10.3 Å². The van der Waals surface area contributed by atoms with E-state index in [9.17, 15) is 5.11 Å². The Balaban J connectivity index is 2.18. The molecule has 3 aromatic rings. The standard InChI is InChI=1S/C16H14N2O2/c17-13-8-6-11(7-9-13)15-14(10-19)20-18-16(15)12-4-2-1-3-5-12/h1-9,19H,10,17H2. The minimum absolute atomic E-state index is 0.195. The molecule has 0 fully saturated rings. The number of rotatable bonds is 3. The molecule has 0 amide bonds. The molecule has 4 heteroatoms. The molecule has 0 atom stereocenters. The molecule has 0 aliphatic rings. The van der Waals surface area contributed by atoms with Crippen LogP contribution in [-0.4, -0.2) is 10.3 Å². The molecule has 3 rings (SSSR count). The van der Waals surface area contributed by atoms with Gasteiger partial charge in [-0.1, -0.05) is 47.6 Å². The lowest BCUT2D eigenvalue weighted by Crippen LogP contribution is -1.89. The number of nitrogen functional groups attached to an aromatic ring is 1. The summed E-state index contributed by atoms with van der Waals surface area (Å²) in [4.78, 5) is 0. The topological polar surface area (TPSA) is 72.3 Å². The number of hydrogen-bond donors (Lipinski definition) is 2. The van der Waals surface area contributed by atoms with Crippen molar-refractivity contribution in [2.24, 2.45) is 0 Å². The molecule has 3 N–H and O–H groups in total. The van der Waals surface area contributed by atoms with Gasteiger partial charge in [0.15, 0.2) is 5.76 Å². The molecule has 0 saturated carbocycles. The molecule has 0 saturated heterocycles. The first-order valence-corrected chi connectivity index (χ1v) is 6.30. The summed E-state index contributed by atoms with van der Waals surface area (Å²) in [6.07, 6.45) is 0. The van der Waals surface area contributed by atoms with Gasteiger partial charge in [-0.25, -0.2) is 0 Å². The number of hydrogen-bond acceptors (Lipinski definition) is 4. The largest absolute Gasteiger partial charge is 0.399 e. The molecule has 1 heterocycles. The van der Waals surface area contributed by atoms with Crippen molar-refractivity contribution < 1.29 is 9.63 Å². The fraction of sp³-hybridized carbons (Fsp3) is 0.0625. The van der Waals surface area contributed by atoms with Crippen molar-refractivity contribution in [3.8, 4) is 22.4 Å². The maximum atomic E-state index is 9.44. The second-order valence-corrected chi connectivity index (χ2v) is 4.48. The van der Waals surface area contributed by atoms with Crippen molar-refractivity contribution in [3.63, 3.8) is 0 Å². The highest BCUT2D eigenvalue weighted by Crippen LogP contribution is 2.34. The first kappa shape index (κ1) is 12.4. The zero-order chi connectivity index (χ0) is 13.9. The van der Waals surface area contributed by atoms with Gasteiger partial charge in [0.1, 0.15) is 12.3 Å². The van der Waals surface area contributed by atoms with Gasteiger partial charge in [0.05, 0.1) is 5.56 Å². The Hall–Kier alpha value is -2.59. The van der Waals surface area contributed by atoms with Crippen molar-refractivity contribution in [1.82, 2.24) is 5.16 Å². The van der Waals surface area contributed by atoms with Crippen LogP contribution in [0.25, 0.3) is 22.4 Å². The van der Waals surface area contributed by atoms with Gasteiger partial charge in [-0.05, 0) is 17.7 Å². The van der Waals surface area contributed by atoms with Crippen LogP contribution in [0.3, 0.4) is 0 Å². The summed E-state index contributed by atoms with van der Waals surface area (Å²) in [6.45, 7) is -0.195. The average Bonchev–Trinajstić information content (AvgIpc) is 2.93. The Morgan fingerprint density at radius 2 is 1.65 bits per heavy atom. The van der Waals surface area contributed by atoms with Gasteiger partial charge in [-0.3, -0.25) is 0 Å². The fourth-order valence-corrected chi connectivity index (χ4v) is 2.17. The number of aliphatic hydroxyl groups excluding tert-OH is 1. The molecule has 0 aliphatic heterocycles. The molecule has 4 nitrogen and oxygen atoms in total. The Bertz CT molecular complexity index is 703. The smallest absolute Gasteiger partial charge is 0.170 e. The Kier molecular flexibility index (Phi) is 3.23. The van der Waals surface area contributed by atoms with E-state index in [0.29, 0.717) is 11.4 Å². The summed E-state index contributed by atoms with van der Waals surface area (Å²) in [5, 5.41) is 13.5. The van der Waals surface area contributed by atoms with E-state index in [1.165, 1.54) is 0 Å². The second kappa shape index (κ2) is 5.19. The number of anilines is 1. The Morgan fingerprint density at radius 1 is 0.950 bits per heavy atom. The van der Waals surface area contributed by atoms with Crippen LogP contribution < -0.4 is 5.73 Å². The van der Waals surface area contributed by atoms with Crippen molar-refractivity contribution in [3.05, 3.63) is 60.4 Å². The quantitative estimate of drug-likeness (QED) is 0.714. The molecule has 0 bridgehead atoms. The van der Waals surface area contributed by atoms with Crippen molar-refractivity contribution >= 4 is 5.69 Å². The second-order valence-electron chi connectivity index (χ2n) is 4.48. The Labute approximate surface area is 116 Å². The number of aromatic nitrogens is 1. The van der Waals surface area contributed by atoms with Crippen molar-refractivity contribution in [1.29, 1.82) is 0 Å². The van der Waals surface area contributed by atoms with Crippen LogP contribution in [0.2, 0.25) is 0 Å². The van der Waals surface area contributed by atoms with Crippen LogP contribution in [0.5, 0.6) is 0 Å². The SMILES string of the molecule is Nc1ccc(-c2c(-c3ccccc3)noc2CO)cc1. The number of aliphatic hydroxyl groups is 1. The average molecular weight is 266 g/mol. The molecule has 0 aliphatic carbocycles. The van der Waals surface area contributed by atoms with Gasteiger partial charge < -0.3 is 15.4 Å². The lowest BCUT2D eigenvalue weighted by Gasteiger charge is -2.04. The monoisotopic (exact) mass is 266 g/mol.